The smallest absolute Gasteiger partial charge is 0.251 e. The summed E-state index contributed by atoms with van der Waals surface area (Å²) in [5.74, 6) is 5.17. The second-order valence-electron chi connectivity index (χ2n) is 3.90. The maximum atomic E-state index is 11.8. The number of aliphatic hydroxyl groups is 1. The highest BCUT2D eigenvalue weighted by molar-refractivity contribution is 5.94. The lowest BCUT2D eigenvalue weighted by Crippen LogP contribution is -2.27. The quantitative estimate of drug-likeness (QED) is 0.560. The predicted octanol–water partition coefficient (Wildman–Crippen LogP) is 0.423. The van der Waals surface area contributed by atoms with Gasteiger partial charge < -0.3 is 19.9 Å². The van der Waals surface area contributed by atoms with Crippen LogP contribution in [0.5, 0.6) is 0 Å². The fraction of sp³-hybridized carbons (Fsp3) is 0.400. The number of aliphatic hydroxyl groups excluding tert-OH is 1. The summed E-state index contributed by atoms with van der Waals surface area (Å²) >= 11 is 0. The predicted molar refractivity (Wildman–Crippen MR) is 75.4 cm³/mol. The van der Waals surface area contributed by atoms with E-state index in [9.17, 15) is 4.79 Å². The summed E-state index contributed by atoms with van der Waals surface area (Å²) in [4.78, 5) is 11.8. The van der Waals surface area contributed by atoms with Gasteiger partial charge in [0.05, 0.1) is 19.8 Å². The minimum atomic E-state index is -0.175. The highest BCUT2D eigenvalue weighted by atomic mass is 16.5. The third-order valence-corrected chi connectivity index (χ3v) is 2.42. The summed E-state index contributed by atoms with van der Waals surface area (Å²) in [6.45, 7) is 1.80. The van der Waals surface area contributed by atoms with Gasteiger partial charge in [0.2, 0.25) is 0 Å². The molecule has 0 aliphatic carbocycles. The number of hydrogen-bond acceptors (Lipinski definition) is 4. The number of ether oxygens (including phenoxy) is 2. The van der Waals surface area contributed by atoms with Gasteiger partial charge in [0.1, 0.15) is 6.61 Å². The van der Waals surface area contributed by atoms with E-state index in [0.717, 1.165) is 5.56 Å². The van der Waals surface area contributed by atoms with Gasteiger partial charge in [0, 0.05) is 24.8 Å². The molecule has 0 saturated heterocycles. The van der Waals surface area contributed by atoms with Crippen LogP contribution in [0.25, 0.3) is 0 Å². The van der Waals surface area contributed by atoms with Gasteiger partial charge in [-0.25, -0.2) is 0 Å². The zero-order valence-corrected chi connectivity index (χ0v) is 11.5. The molecular weight excluding hydrogens is 258 g/mol. The van der Waals surface area contributed by atoms with Crippen LogP contribution in [0, 0.1) is 11.8 Å². The first-order valence-corrected chi connectivity index (χ1v) is 6.32. The van der Waals surface area contributed by atoms with Crippen molar-refractivity contribution in [1.82, 2.24) is 5.32 Å². The zero-order valence-electron chi connectivity index (χ0n) is 11.5. The van der Waals surface area contributed by atoms with Crippen molar-refractivity contribution in [1.29, 1.82) is 0 Å². The Morgan fingerprint density at radius 1 is 1.25 bits per heavy atom. The first-order chi connectivity index (χ1) is 9.77. The van der Waals surface area contributed by atoms with Crippen molar-refractivity contribution in [2.75, 3.05) is 40.1 Å². The third-order valence-electron chi connectivity index (χ3n) is 2.42. The van der Waals surface area contributed by atoms with E-state index in [4.69, 9.17) is 14.6 Å². The minimum absolute atomic E-state index is 0.151. The first-order valence-electron chi connectivity index (χ1n) is 6.32. The highest BCUT2D eigenvalue weighted by Gasteiger charge is 2.03. The molecule has 0 aliphatic rings. The maximum absolute atomic E-state index is 11.8. The van der Waals surface area contributed by atoms with E-state index in [2.05, 4.69) is 17.2 Å². The standard InChI is InChI=1S/C15H19NO4/c1-19-11-12-20-10-8-16-15(18)14-6-4-13(5-7-14)3-2-9-17/h4-7,17H,8-12H2,1H3,(H,16,18). The van der Waals surface area contributed by atoms with E-state index < -0.39 is 0 Å². The molecule has 0 fully saturated rings. The second kappa shape index (κ2) is 9.98. The third kappa shape index (κ3) is 6.34. The average molecular weight is 277 g/mol. The number of methoxy groups -OCH3 is 1. The molecule has 5 nitrogen and oxygen atoms in total. The fourth-order valence-corrected chi connectivity index (χ4v) is 1.43. The monoisotopic (exact) mass is 277 g/mol. The van der Waals surface area contributed by atoms with Crippen LogP contribution in [0.15, 0.2) is 24.3 Å². The molecule has 0 atom stereocenters. The van der Waals surface area contributed by atoms with E-state index >= 15 is 0 Å². The Hall–Kier alpha value is -1.87. The lowest BCUT2D eigenvalue weighted by Gasteiger charge is -2.06. The number of carbonyl (C=O) groups excluding carboxylic acids is 1. The van der Waals surface area contributed by atoms with Crippen LogP contribution in [0.4, 0.5) is 0 Å². The van der Waals surface area contributed by atoms with Crippen molar-refractivity contribution in [3.8, 4) is 11.8 Å². The molecule has 108 valence electrons. The normalized spacial score (nSPS) is 9.70. The Morgan fingerprint density at radius 2 is 2.00 bits per heavy atom. The average Bonchev–Trinajstić information content (AvgIpc) is 2.49. The highest BCUT2D eigenvalue weighted by Crippen LogP contribution is 2.03. The summed E-state index contributed by atoms with van der Waals surface area (Å²) in [5.41, 5.74) is 1.33. The Bertz CT molecular complexity index is 459. The molecule has 0 aromatic heterocycles. The van der Waals surface area contributed by atoms with Crippen LogP contribution < -0.4 is 5.32 Å². The van der Waals surface area contributed by atoms with E-state index in [-0.39, 0.29) is 12.5 Å². The van der Waals surface area contributed by atoms with Crippen LogP contribution in [0.2, 0.25) is 0 Å². The van der Waals surface area contributed by atoms with Gasteiger partial charge in [0.25, 0.3) is 5.91 Å². The molecule has 0 saturated carbocycles. The molecule has 1 amide bonds. The van der Waals surface area contributed by atoms with E-state index in [1.165, 1.54) is 0 Å². The molecule has 2 N–H and O–H groups in total. The van der Waals surface area contributed by atoms with Gasteiger partial charge in [-0.05, 0) is 24.3 Å². The van der Waals surface area contributed by atoms with E-state index in [0.29, 0.717) is 31.9 Å². The van der Waals surface area contributed by atoms with Crippen LogP contribution >= 0.6 is 0 Å². The Morgan fingerprint density at radius 3 is 2.65 bits per heavy atom. The van der Waals surface area contributed by atoms with Gasteiger partial charge in [0.15, 0.2) is 0 Å². The van der Waals surface area contributed by atoms with Crippen molar-refractivity contribution in [3.05, 3.63) is 35.4 Å². The number of carbonyl (C=O) groups is 1. The SMILES string of the molecule is COCCOCCNC(=O)c1ccc(C#CCO)cc1. The molecular formula is C15H19NO4. The number of amides is 1. The van der Waals surface area contributed by atoms with Crippen LogP contribution in [0.3, 0.4) is 0 Å². The number of benzene rings is 1. The topological polar surface area (TPSA) is 67.8 Å². The van der Waals surface area contributed by atoms with Gasteiger partial charge >= 0.3 is 0 Å². The lowest BCUT2D eigenvalue weighted by molar-refractivity contribution is 0.0692. The number of rotatable bonds is 7. The van der Waals surface area contributed by atoms with Gasteiger partial charge in [-0.1, -0.05) is 11.8 Å². The molecule has 0 radical (unpaired) electrons. The van der Waals surface area contributed by atoms with Crippen LogP contribution in [-0.2, 0) is 9.47 Å². The van der Waals surface area contributed by atoms with E-state index in [1.807, 2.05) is 0 Å². The molecule has 1 rings (SSSR count). The summed E-state index contributed by atoms with van der Waals surface area (Å²) in [6.07, 6.45) is 0. The van der Waals surface area contributed by atoms with Crippen molar-refractivity contribution in [3.63, 3.8) is 0 Å². The molecule has 5 heteroatoms. The van der Waals surface area contributed by atoms with Crippen molar-refractivity contribution < 1.29 is 19.4 Å². The number of nitrogens with one attached hydrogen (secondary N) is 1. The Balaban J connectivity index is 2.32. The lowest BCUT2D eigenvalue weighted by atomic mass is 10.1. The van der Waals surface area contributed by atoms with Crippen LogP contribution in [-0.4, -0.2) is 51.1 Å². The van der Waals surface area contributed by atoms with Gasteiger partial charge in [-0.2, -0.15) is 0 Å². The molecule has 0 unspecified atom stereocenters. The van der Waals surface area contributed by atoms with E-state index in [1.54, 1.807) is 31.4 Å². The minimum Gasteiger partial charge on any atom is -0.384 e. The summed E-state index contributed by atoms with van der Waals surface area (Å²) in [5, 5.41) is 11.3. The Kier molecular flexibility index (Phi) is 8.08. The summed E-state index contributed by atoms with van der Waals surface area (Å²) in [6, 6.07) is 6.88. The molecule has 0 heterocycles. The molecule has 20 heavy (non-hydrogen) atoms. The summed E-state index contributed by atoms with van der Waals surface area (Å²) < 4.78 is 10.1. The van der Waals surface area contributed by atoms with Crippen LogP contribution in [0.1, 0.15) is 15.9 Å². The van der Waals surface area contributed by atoms with Gasteiger partial charge in [-0.3, -0.25) is 4.79 Å². The molecule has 0 aliphatic heterocycles. The molecule has 1 aromatic rings. The largest absolute Gasteiger partial charge is 0.384 e. The van der Waals surface area contributed by atoms with Crippen molar-refractivity contribution >= 4 is 5.91 Å². The maximum Gasteiger partial charge on any atom is 0.251 e. The Labute approximate surface area is 118 Å². The first kappa shape index (κ1) is 16.2. The summed E-state index contributed by atoms with van der Waals surface area (Å²) in [7, 11) is 1.61. The molecule has 0 spiro atoms. The molecule has 0 bridgehead atoms. The number of hydrogen-bond donors (Lipinski definition) is 2. The fourth-order valence-electron chi connectivity index (χ4n) is 1.43. The molecule has 1 aromatic carbocycles. The second-order valence-corrected chi connectivity index (χ2v) is 3.90. The van der Waals surface area contributed by atoms with Crippen molar-refractivity contribution in [2.45, 2.75) is 0 Å². The van der Waals surface area contributed by atoms with Crippen molar-refractivity contribution in [2.24, 2.45) is 0 Å². The van der Waals surface area contributed by atoms with Gasteiger partial charge in [-0.15, -0.1) is 0 Å². The zero-order chi connectivity index (χ0) is 14.6.